The number of aromatic carboxylic acids is 1. The first-order valence-electron chi connectivity index (χ1n) is 6.07. The number of nitrogen functional groups attached to an aromatic ring is 1. The zero-order valence-corrected chi connectivity index (χ0v) is 11.8. The number of hydrogen-bond donors (Lipinski definition) is 2. The number of rotatable bonds is 3. The van der Waals surface area contributed by atoms with Gasteiger partial charge in [-0.3, -0.25) is 0 Å². The molecule has 2 rings (SSSR count). The SMILES string of the molecule is COc1c(C)ccc(-c2nc(N)c(C)c(C(=O)O)n2)c1F. The molecule has 0 bridgehead atoms. The van der Waals surface area contributed by atoms with Crippen molar-refractivity contribution in [2.75, 3.05) is 12.8 Å². The number of methoxy groups -OCH3 is 1. The molecule has 0 unspecified atom stereocenters. The van der Waals surface area contributed by atoms with Crippen molar-refractivity contribution in [1.82, 2.24) is 9.97 Å². The Balaban J connectivity index is 2.71. The van der Waals surface area contributed by atoms with Crippen molar-refractivity contribution in [3.63, 3.8) is 0 Å². The van der Waals surface area contributed by atoms with Crippen LogP contribution >= 0.6 is 0 Å². The lowest BCUT2D eigenvalue weighted by atomic mass is 10.1. The molecule has 2 aromatic rings. The zero-order chi connectivity index (χ0) is 15.7. The number of ether oxygens (including phenoxy) is 1. The molecule has 0 atom stereocenters. The number of aryl methyl sites for hydroxylation is 1. The van der Waals surface area contributed by atoms with Crippen LogP contribution < -0.4 is 10.5 Å². The highest BCUT2D eigenvalue weighted by molar-refractivity contribution is 5.89. The van der Waals surface area contributed by atoms with Gasteiger partial charge < -0.3 is 15.6 Å². The van der Waals surface area contributed by atoms with Gasteiger partial charge in [-0.2, -0.15) is 0 Å². The summed E-state index contributed by atoms with van der Waals surface area (Å²) >= 11 is 0. The quantitative estimate of drug-likeness (QED) is 0.899. The summed E-state index contributed by atoms with van der Waals surface area (Å²) in [5.41, 5.74) is 6.31. The second-order valence-corrected chi connectivity index (χ2v) is 4.49. The van der Waals surface area contributed by atoms with Crippen molar-refractivity contribution < 1.29 is 19.0 Å². The molecule has 1 aromatic heterocycles. The lowest BCUT2D eigenvalue weighted by molar-refractivity contribution is 0.0689. The number of nitrogens with two attached hydrogens (primary N) is 1. The maximum absolute atomic E-state index is 14.4. The van der Waals surface area contributed by atoms with E-state index >= 15 is 0 Å². The summed E-state index contributed by atoms with van der Waals surface area (Å²) in [4.78, 5) is 19.0. The third-order valence-electron chi connectivity index (χ3n) is 3.13. The van der Waals surface area contributed by atoms with E-state index in [9.17, 15) is 9.18 Å². The van der Waals surface area contributed by atoms with Gasteiger partial charge in [-0.15, -0.1) is 0 Å². The lowest BCUT2D eigenvalue weighted by Gasteiger charge is -2.11. The van der Waals surface area contributed by atoms with Crippen LogP contribution in [0.2, 0.25) is 0 Å². The maximum atomic E-state index is 14.4. The summed E-state index contributed by atoms with van der Waals surface area (Å²) in [6.45, 7) is 3.19. The Morgan fingerprint density at radius 1 is 1.33 bits per heavy atom. The second kappa shape index (κ2) is 5.35. The molecule has 1 heterocycles. The van der Waals surface area contributed by atoms with E-state index in [4.69, 9.17) is 15.6 Å². The molecule has 110 valence electrons. The van der Waals surface area contributed by atoms with Gasteiger partial charge >= 0.3 is 5.97 Å². The molecule has 0 aliphatic carbocycles. The molecule has 7 heteroatoms. The number of hydrogen-bond acceptors (Lipinski definition) is 5. The van der Waals surface area contributed by atoms with Crippen molar-refractivity contribution in [2.45, 2.75) is 13.8 Å². The Morgan fingerprint density at radius 3 is 2.57 bits per heavy atom. The van der Waals surface area contributed by atoms with Crippen LogP contribution in [0.25, 0.3) is 11.4 Å². The van der Waals surface area contributed by atoms with Crippen LogP contribution in [0.4, 0.5) is 10.2 Å². The van der Waals surface area contributed by atoms with E-state index in [0.29, 0.717) is 5.56 Å². The van der Waals surface area contributed by atoms with Crippen molar-refractivity contribution in [1.29, 1.82) is 0 Å². The topological polar surface area (TPSA) is 98.3 Å². The summed E-state index contributed by atoms with van der Waals surface area (Å²) in [5, 5.41) is 9.11. The monoisotopic (exact) mass is 291 g/mol. The number of carbonyl (C=O) groups is 1. The van der Waals surface area contributed by atoms with E-state index in [-0.39, 0.29) is 34.2 Å². The van der Waals surface area contributed by atoms with Gasteiger partial charge in [0.25, 0.3) is 0 Å². The third kappa shape index (κ3) is 2.49. The smallest absolute Gasteiger partial charge is 0.354 e. The molecule has 1 aromatic carbocycles. The van der Waals surface area contributed by atoms with E-state index in [1.807, 2.05) is 0 Å². The predicted octanol–water partition coefficient (Wildman–Crippen LogP) is 2.19. The van der Waals surface area contributed by atoms with Gasteiger partial charge in [0.2, 0.25) is 0 Å². The third-order valence-corrected chi connectivity index (χ3v) is 3.13. The lowest BCUT2D eigenvalue weighted by Crippen LogP contribution is -2.10. The number of benzene rings is 1. The van der Waals surface area contributed by atoms with Crippen molar-refractivity contribution in [3.05, 3.63) is 34.8 Å². The number of anilines is 1. The highest BCUT2D eigenvalue weighted by Gasteiger charge is 2.20. The van der Waals surface area contributed by atoms with Gasteiger partial charge in [0.05, 0.1) is 12.7 Å². The summed E-state index contributed by atoms with van der Waals surface area (Å²) in [5.74, 6) is -1.94. The van der Waals surface area contributed by atoms with E-state index in [2.05, 4.69) is 9.97 Å². The number of carboxylic acid groups (broad SMARTS) is 1. The summed E-state index contributed by atoms with van der Waals surface area (Å²) < 4.78 is 19.4. The molecule has 0 amide bonds. The Kier molecular flexibility index (Phi) is 3.75. The molecule has 3 N–H and O–H groups in total. The minimum atomic E-state index is -1.25. The van der Waals surface area contributed by atoms with Gasteiger partial charge in [0.1, 0.15) is 5.82 Å². The Bertz CT molecular complexity index is 732. The fraction of sp³-hybridized carbons (Fsp3) is 0.214. The van der Waals surface area contributed by atoms with Gasteiger partial charge in [0, 0.05) is 5.56 Å². The van der Waals surface area contributed by atoms with Gasteiger partial charge in [0.15, 0.2) is 23.1 Å². The highest BCUT2D eigenvalue weighted by atomic mass is 19.1. The van der Waals surface area contributed by atoms with Crippen LogP contribution in [0, 0.1) is 19.7 Å². The van der Waals surface area contributed by atoms with Crippen LogP contribution in [0.5, 0.6) is 5.75 Å². The fourth-order valence-corrected chi connectivity index (χ4v) is 1.94. The molecule has 0 aliphatic heterocycles. The molecular weight excluding hydrogens is 277 g/mol. The number of carboxylic acids is 1. The standard InChI is InChI=1S/C14H14FN3O3/c1-6-4-5-8(9(15)11(6)21-3)13-17-10(14(19)20)7(2)12(16)18-13/h4-5H,1-3H3,(H,19,20)(H2,16,17,18). The fourth-order valence-electron chi connectivity index (χ4n) is 1.94. The molecule has 6 nitrogen and oxygen atoms in total. The zero-order valence-electron chi connectivity index (χ0n) is 11.8. The van der Waals surface area contributed by atoms with Crippen LogP contribution in [0.3, 0.4) is 0 Å². The van der Waals surface area contributed by atoms with Crippen molar-refractivity contribution in [3.8, 4) is 17.1 Å². The van der Waals surface area contributed by atoms with Crippen LogP contribution in [0.1, 0.15) is 21.6 Å². The summed E-state index contributed by atoms with van der Waals surface area (Å²) in [7, 11) is 1.35. The Labute approximate surface area is 120 Å². The van der Waals surface area contributed by atoms with Crippen LogP contribution in [-0.4, -0.2) is 28.2 Å². The molecule has 0 spiro atoms. The Morgan fingerprint density at radius 2 is 2.00 bits per heavy atom. The Hall–Kier alpha value is -2.70. The molecule has 0 aliphatic rings. The van der Waals surface area contributed by atoms with Gasteiger partial charge in [-0.05, 0) is 25.5 Å². The summed E-state index contributed by atoms with van der Waals surface area (Å²) in [6, 6.07) is 3.10. The average Bonchev–Trinajstić information content (AvgIpc) is 2.42. The number of halogens is 1. The van der Waals surface area contributed by atoms with E-state index in [0.717, 1.165) is 0 Å². The van der Waals surface area contributed by atoms with Crippen molar-refractivity contribution in [2.24, 2.45) is 0 Å². The summed E-state index contributed by atoms with van der Waals surface area (Å²) in [6.07, 6.45) is 0. The first kappa shape index (κ1) is 14.7. The number of aromatic nitrogens is 2. The average molecular weight is 291 g/mol. The molecule has 21 heavy (non-hydrogen) atoms. The van der Waals surface area contributed by atoms with E-state index in [1.54, 1.807) is 13.0 Å². The molecule has 0 fully saturated rings. The highest BCUT2D eigenvalue weighted by Crippen LogP contribution is 2.31. The van der Waals surface area contributed by atoms with Crippen molar-refractivity contribution >= 4 is 11.8 Å². The normalized spacial score (nSPS) is 10.5. The van der Waals surface area contributed by atoms with Crippen LogP contribution in [-0.2, 0) is 0 Å². The minimum Gasteiger partial charge on any atom is -0.493 e. The number of nitrogens with zero attached hydrogens (tertiary/aromatic N) is 2. The predicted molar refractivity (Wildman–Crippen MR) is 74.8 cm³/mol. The first-order chi connectivity index (χ1) is 9.86. The first-order valence-corrected chi connectivity index (χ1v) is 6.07. The molecule has 0 radical (unpaired) electrons. The van der Waals surface area contributed by atoms with Gasteiger partial charge in [-0.1, -0.05) is 6.07 Å². The van der Waals surface area contributed by atoms with Gasteiger partial charge in [-0.25, -0.2) is 19.2 Å². The van der Waals surface area contributed by atoms with Crippen LogP contribution in [0.15, 0.2) is 12.1 Å². The maximum Gasteiger partial charge on any atom is 0.354 e. The molecule has 0 saturated carbocycles. The molecular formula is C14H14FN3O3. The second-order valence-electron chi connectivity index (χ2n) is 4.49. The van der Waals surface area contributed by atoms with E-state index in [1.165, 1.54) is 20.1 Å². The van der Waals surface area contributed by atoms with E-state index < -0.39 is 11.8 Å². The molecule has 0 saturated heterocycles. The largest absolute Gasteiger partial charge is 0.493 e. The minimum absolute atomic E-state index is 0.00339.